The molecule has 1 aliphatic rings. The highest BCUT2D eigenvalue weighted by molar-refractivity contribution is 6.00. The van der Waals surface area contributed by atoms with Crippen molar-refractivity contribution in [1.29, 1.82) is 0 Å². The van der Waals surface area contributed by atoms with Crippen molar-refractivity contribution >= 4 is 29.5 Å². The SMILES string of the molecule is CCN(CC1CC1)CC(OC(=O)NCc1cccc(NC(=O)Nc2ccc(-c3cnco3)c(OC)c2)c1)c1ccccc1.F.F.F.O.O.O=C(O)C(F)(F)F. The number of hydrogen-bond donors (Lipinski definition) is 4. The van der Waals surface area contributed by atoms with E-state index in [2.05, 4.69) is 32.8 Å². The van der Waals surface area contributed by atoms with Crippen molar-refractivity contribution in [2.75, 3.05) is 37.4 Å². The third-order valence-corrected chi connectivity index (χ3v) is 7.53. The summed E-state index contributed by atoms with van der Waals surface area (Å²) >= 11 is 0. The number of amides is 3. The van der Waals surface area contributed by atoms with Gasteiger partial charge in [-0.15, -0.1) is 0 Å². The van der Waals surface area contributed by atoms with Crippen LogP contribution in [0.3, 0.4) is 0 Å². The first-order chi connectivity index (χ1) is 23.9. The smallest absolute Gasteiger partial charge is 0.490 e. The van der Waals surface area contributed by atoms with Gasteiger partial charge in [-0.1, -0.05) is 49.4 Å². The van der Waals surface area contributed by atoms with Crippen molar-refractivity contribution in [1.82, 2.24) is 15.2 Å². The number of anilines is 2. The van der Waals surface area contributed by atoms with Gasteiger partial charge in [0.15, 0.2) is 12.2 Å². The number of oxazole rings is 1. The predicted molar refractivity (Wildman–Crippen MR) is 193 cm³/mol. The maximum absolute atomic E-state index is 12.9. The fraction of sp³-hybridized carbons (Fsp3) is 0.314. The van der Waals surface area contributed by atoms with E-state index in [1.165, 1.54) is 19.2 Å². The summed E-state index contributed by atoms with van der Waals surface area (Å²) in [5, 5.41) is 15.6. The molecule has 0 spiro atoms. The second kappa shape index (κ2) is 24.5. The van der Waals surface area contributed by atoms with E-state index in [0.717, 1.165) is 35.7 Å². The highest BCUT2D eigenvalue weighted by atomic mass is 19.4. The number of aromatic nitrogens is 1. The lowest BCUT2D eigenvalue weighted by Crippen LogP contribution is -2.34. The number of aliphatic carboxylic acids is 1. The van der Waals surface area contributed by atoms with Gasteiger partial charge >= 0.3 is 24.3 Å². The van der Waals surface area contributed by atoms with Crippen molar-refractivity contribution in [2.45, 2.75) is 38.6 Å². The molecule has 1 saturated carbocycles. The summed E-state index contributed by atoms with van der Waals surface area (Å²) in [5.74, 6) is -0.905. The van der Waals surface area contributed by atoms with Crippen molar-refractivity contribution in [3.8, 4) is 17.1 Å². The standard InChI is InChI=1S/C33H37N5O5.C2HF3O2.3FH.2H2O/c1-3-38(20-23-12-13-23)21-31(25-9-5-4-6-10-25)43-33(40)35-18-24-8-7-11-26(16-24)36-32(39)37-27-14-15-28(29(17-27)41-2)30-19-34-22-42-30;3-2(4,5)1(6)7;;;;;/h4-11,14-17,19,22-23,31H,3,12-13,18,20-21H2,1-2H3,(H,35,40)(H2,36,37,39);(H,6,7);3*1H;2*1H2. The van der Waals surface area contributed by atoms with Crippen LogP contribution in [-0.2, 0) is 16.1 Å². The summed E-state index contributed by atoms with van der Waals surface area (Å²) in [6.07, 6.45) is -0.461. The lowest BCUT2D eigenvalue weighted by Gasteiger charge is -2.27. The summed E-state index contributed by atoms with van der Waals surface area (Å²) in [7, 11) is 1.55. The molecule has 8 N–H and O–H groups in total. The molecule has 4 aromatic rings. The van der Waals surface area contributed by atoms with Gasteiger partial charge in [0.2, 0.25) is 0 Å². The molecule has 20 heteroatoms. The molecule has 0 radical (unpaired) electrons. The average Bonchev–Trinajstić information content (AvgIpc) is 3.75. The molecular weight excluding hydrogens is 748 g/mol. The maximum atomic E-state index is 12.9. The molecule has 3 aromatic carbocycles. The summed E-state index contributed by atoms with van der Waals surface area (Å²) < 4.78 is 48.5. The van der Waals surface area contributed by atoms with Crippen LogP contribution in [0.25, 0.3) is 11.3 Å². The number of carbonyl (C=O) groups excluding carboxylic acids is 2. The van der Waals surface area contributed by atoms with Gasteiger partial charge in [0.1, 0.15) is 11.9 Å². The van der Waals surface area contributed by atoms with Crippen LogP contribution < -0.4 is 20.7 Å². The quantitative estimate of drug-likeness (QED) is 0.114. The Labute approximate surface area is 311 Å². The molecule has 1 atom stereocenters. The summed E-state index contributed by atoms with van der Waals surface area (Å²) in [6, 6.07) is 21.9. The third kappa shape index (κ3) is 16.8. The largest absolute Gasteiger partial charge is 0.496 e. The molecule has 1 unspecified atom stereocenters. The topological polar surface area (TPSA) is 218 Å². The van der Waals surface area contributed by atoms with Crippen LogP contribution in [0, 0.1) is 5.92 Å². The Morgan fingerprint density at radius 3 is 2.15 bits per heavy atom. The Morgan fingerprint density at radius 2 is 1.60 bits per heavy atom. The first-order valence-electron chi connectivity index (χ1n) is 15.7. The number of alkyl halides is 3. The number of halogens is 6. The molecule has 0 bridgehead atoms. The van der Waals surface area contributed by atoms with E-state index in [1.807, 2.05) is 42.5 Å². The molecule has 55 heavy (non-hydrogen) atoms. The molecular formula is C35H45F6N5O9. The van der Waals surface area contributed by atoms with Crippen LogP contribution >= 0.6 is 0 Å². The molecule has 1 aliphatic carbocycles. The number of nitrogens with zero attached hydrogens (tertiary/aromatic N) is 2. The van der Waals surface area contributed by atoms with Crippen LogP contribution in [0.5, 0.6) is 5.75 Å². The van der Waals surface area contributed by atoms with Crippen LogP contribution in [0.4, 0.5) is 48.2 Å². The van der Waals surface area contributed by atoms with Gasteiger partial charge < -0.3 is 45.9 Å². The van der Waals surface area contributed by atoms with E-state index >= 15 is 0 Å². The molecule has 14 nitrogen and oxygen atoms in total. The fourth-order valence-corrected chi connectivity index (χ4v) is 4.83. The number of nitrogens with one attached hydrogen (secondary N) is 3. The number of alkyl carbamates (subject to hydrolysis) is 1. The minimum atomic E-state index is -5.08. The minimum absolute atomic E-state index is 0. The summed E-state index contributed by atoms with van der Waals surface area (Å²) in [4.78, 5) is 40.8. The normalized spacial score (nSPS) is 11.8. The second-order valence-corrected chi connectivity index (χ2v) is 11.3. The van der Waals surface area contributed by atoms with Crippen molar-refractivity contribution < 1.29 is 71.6 Å². The lowest BCUT2D eigenvalue weighted by atomic mass is 10.1. The molecule has 1 aromatic heterocycles. The zero-order valence-corrected chi connectivity index (χ0v) is 29.6. The third-order valence-electron chi connectivity index (χ3n) is 7.53. The number of carbonyl (C=O) groups is 3. The fourth-order valence-electron chi connectivity index (χ4n) is 4.83. The first-order valence-corrected chi connectivity index (χ1v) is 15.7. The Morgan fingerprint density at radius 1 is 0.964 bits per heavy atom. The minimum Gasteiger partial charge on any atom is -0.496 e. The van der Waals surface area contributed by atoms with Crippen LogP contribution in [-0.4, -0.2) is 77.0 Å². The number of urea groups is 1. The van der Waals surface area contributed by atoms with Gasteiger partial charge in [0, 0.05) is 37.1 Å². The molecule has 0 aliphatic heterocycles. The molecule has 306 valence electrons. The Hall–Kier alpha value is -5.86. The van der Waals surface area contributed by atoms with E-state index < -0.39 is 24.3 Å². The monoisotopic (exact) mass is 793 g/mol. The number of hydrogen-bond acceptors (Lipinski definition) is 8. The highest BCUT2D eigenvalue weighted by Crippen LogP contribution is 2.33. The van der Waals surface area contributed by atoms with Gasteiger partial charge in [0.05, 0.1) is 18.9 Å². The average molecular weight is 794 g/mol. The van der Waals surface area contributed by atoms with Crippen molar-refractivity contribution in [2.24, 2.45) is 5.92 Å². The van der Waals surface area contributed by atoms with Crippen LogP contribution in [0.2, 0.25) is 0 Å². The van der Waals surface area contributed by atoms with E-state index in [4.69, 9.17) is 23.8 Å². The van der Waals surface area contributed by atoms with Gasteiger partial charge in [-0.25, -0.2) is 19.4 Å². The molecule has 3 amide bonds. The number of carboxylic acids is 1. The number of likely N-dealkylation sites (N-methyl/N-ethyl adjacent to an activating group) is 1. The number of benzene rings is 3. The number of carboxylic acid groups (broad SMARTS) is 1. The zero-order chi connectivity index (χ0) is 36.1. The Balaban J connectivity index is 0. The number of ether oxygens (including phenoxy) is 2. The van der Waals surface area contributed by atoms with Crippen LogP contribution in [0.15, 0.2) is 89.8 Å². The zero-order valence-electron chi connectivity index (χ0n) is 29.6. The van der Waals surface area contributed by atoms with E-state index in [1.54, 1.807) is 43.6 Å². The predicted octanol–water partition coefficient (Wildman–Crippen LogP) is 6.14. The van der Waals surface area contributed by atoms with Crippen molar-refractivity contribution in [3.05, 3.63) is 96.5 Å². The Kier molecular flexibility index (Phi) is 22.8. The number of methoxy groups -OCH3 is 1. The Bertz CT molecular complexity index is 1720. The summed E-state index contributed by atoms with van der Waals surface area (Å²) in [5.41, 5.74) is 3.63. The van der Waals surface area contributed by atoms with Crippen molar-refractivity contribution in [3.63, 3.8) is 0 Å². The molecule has 5 rings (SSSR count). The number of rotatable bonds is 13. The van der Waals surface area contributed by atoms with Gasteiger partial charge in [0.25, 0.3) is 0 Å². The molecule has 1 fully saturated rings. The lowest BCUT2D eigenvalue weighted by molar-refractivity contribution is -0.192. The molecule has 1 heterocycles. The van der Waals surface area contributed by atoms with Gasteiger partial charge in [-0.05, 0) is 60.7 Å². The van der Waals surface area contributed by atoms with E-state index in [-0.39, 0.29) is 37.7 Å². The summed E-state index contributed by atoms with van der Waals surface area (Å²) in [6.45, 7) is 4.96. The molecule has 0 saturated heterocycles. The first kappa shape index (κ1) is 51.2. The maximum Gasteiger partial charge on any atom is 0.490 e. The van der Waals surface area contributed by atoms with Gasteiger partial charge in [-0.2, -0.15) is 13.2 Å². The van der Waals surface area contributed by atoms with E-state index in [0.29, 0.717) is 29.4 Å². The van der Waals surface area contributed by atoms with Crippen LogP contribution in [0.1, 0.15) is 37.0 Å². The van der Waals surface area contributed by atoms with E-state index in [9.17, 15) is 22.8 Å². The van der Waals surface area contributed by atoms with Gasteiger partial charge in [-0.3, -0.25) is 19.0 Å². The highest BCUT2D eigenvalue weighted by Gasteiger charge is 2.38. The second-order valence-electron chi connectivity index (χ2n) is 11.3.